The second-order valence-corrected chi connectivity index (χ2v) is 5.84. The van der Waals surface area contributed by atoms with Crippen LogP contribution < -0.4 is 10.6 Å². The van der Waals surface area contributed by atoms with Crippen LogP contribution in [-0.2, 0) is 35.8 Å². The number of nitrogens with zero attached hydrogens (tertiary/aromatic N) is 6. The van der Waals surface area contributed by atoms with Crippen LogP contribution in [0.2, 0.25) is 0 Å². The van der Waals surface area contributed by atoms with Crippen LogP contribution in [0.4, 0.5) is 26.3 Å². The van der Waals surface area contributed by atoms with Crippen LogP contribution in [0.1, 0.15) is 11.6 Å². The summed E-state index contributed by atoms with van der Waals surface area (Å²) in [6.07, 6.45) is -6.62. The highest BCUT2D eigenvalue weighted by Gasteiger charge is 2.38. The van der Waals surface area contributed by atoms with Crippen molar-refractivity contribution in [3.63, 3.8) is 0 Å². The summed E-state index contributed by atoms with van der Waals surface area (Å²) in [6.45, 7) is 5.79. The molecule has 12 nitrogen and oxygen atoms in total. The maximum absolute atomic E-state index is 10.6. The highest BCUT2D eigenvalue weighted by molar-refractivity contribution is 5.73. The van der Waals surface area contributed by atoms with Gasteiger partial charge in [0.1, 0.15) is 24.3 Å². The number of aromatic nitrogens is 6. The van der Waals surface area contributed by atoms with Gasteiger partial charge >= 0.3 is 24.3 Å². The first kappa shape index (κ1) is 26.8. The quantitative estimate of drug-likeness (QED) is 0.382. The highest BCUT2D eigenvalue weighted by atomic mass is 19.4. The monoisotopic (exact) mass is 476 g/mol. The average Bonchev–Trinajstić information content (AvgIpc) is 3.37. The predicted molar refractivity (Wildman–Crippen MR) is 90.8 cm³/mol. The van der Waals surface area contributed by atoms with Gasteiger partial charge in [-0.1, -0.05) is 0 Å². The lowest BCUT2D eigenvalue weighted by Gasteiger charge is -2.12. The molecule has 0 bridgehead atoms. The molecule has 0 aromatic carbocycles. The molecule has 4 heterocycles. The van der Waals surface area contributed by atoms with Crippen LogP contribution in [0, 0.1) is 0 Å². The smallest absolute Gasteiger partial charge is 0.475 e. The zero-order valence-electron chi connectivity index (χ0n) is 16.1. The summed E-state index contributed by atoms with van der Waals surface area (Å²) in [7, 11) is 0. The van der Waals surface area contributed by atoms with Gasteiger partial charge in [0.25, 0.3) is 0 Å². The van der Waals surface area contributed by atoms with E-state index in [1.54, 1.807) is 12.7 Å². The zero-order chi connectivity index (χ0) is 24.4. The number of hydrogen-bond donors (Lipinski definition) is 4. The third kappa shape index (κ3) is 9.69. The Balaban J connectivity index is 0.000000216. The van der Waals surface area contributed by atoms with E-state index in [1.807, 2.05) is 0 Å². The molecule has 180 valence electrons. The molecule has 2 aromatic heterocycles. The minimum Gasteiger partial charge on any atom is -0.475 e. The topological polar surface area (TPSA) is 160 Å². The molecular formula is C14H18F6N8O4. The first-order valence-electron chi connectivity index (χ1n) is 8.57. The Labute approximate surface area is 175 Å². The van der Waals surface area contributed by atoms with Crippen molar-refractivity contribution in [3.8, 4) is 0 Å². The van der Waals surface area contributed by atoms with E-state index in [0.29, 0.717) is 0 Å². The van der Waals surface area contributed by atoms with Gasteiger partial charge in [-0.3, -0.25) is 0 Å². The first-order chi connectivity index (χ1) is 14.8. The third-order valence-corrected chi connectivity index (χ3v) is 3.50. The molecule has 4 N–H and O–H groups in total. The van der Waals surface area contributed by atoms with Crippen molar-refractivity contribution >= 4 is 11.9 Å². The number of carbonyl (C=O) groups is 2. The Kier molecular flexibility index (Phi) is 9.98. The molecule has 18 heteroatoms. The molecule has 0 saturated carbocycles. The normalized spacial score (nSPS) is 14.7. The molecule has 2 aliphatic heterocycles. The summed E-state index contributed by atoms with van der Waals surface area (Å²) < 4.78 is 67.6. The van der Waals surface area contributed by atoms with E-state index in [4.69, 9.17) is 19.8 Å². The van der Waals surface area contributed by atoms with E-state index in [0.717, 1.165) is 50.9 Å². The maximum Gasteiger partial charge on any atom is 0.490 e. The Morgan fingerprint density at radius 3 is 1.34 bits per heavy atom. The lowest BCUT2D eigenvalue weighted by atomic mass is 10.4. The number of carboxylic acid groups (broad SMARTS) is 2. The van der Waals surface area contributed by atoms with Crippen molar-refractivity contribution < 1.29 is 46.1 Å². The van der Waals surface area contributed by atoms with Gasteiger partial charge in [0.15, 0.2) is 0 Å². The van der Waals surface area contributed by atoms with Gasteiger partial charge in [-0.05, 0) is 0 Å². The van der Waals surface area contributed by atoms with Gasteiger partial charge in [-0.15, -0.1) is 20.4 Å². The highest BCUT2D eigenvalue weighted by Crippen LogP contribution is 2.13. The molecule has 0 fully saturated rings. The fourth-order valence-corrected chi connectivity index (χ4v) is 2.00. The van der Waals surface area contributed by atoms with E-state index < -0.39 is 24.3 Å². The summed E-state index contributed by atoms with van der Waals surface area (Å²) in [4.78, 5) is 17.8. The number of aliphatic carboxylic acids is 2. The first-order valence-corrected chi connectivity index (χ1v) is 8.57. The molecule has 32 heavy (non-hydrogen) atoms. The molecule has 0 spiro atoms. The number of nitrogens with one attached hydrogen (secondary N) is 2. The SMILES string of the molecule is O=C(O)C(F)(F)F.O=C(O)C(F)(F)F.c1nnc2n1CCNC2.c1nnc2n1CCNC2. The Morgan fingerprint density at radius 2 is 1.09 bits per heavy atom. The van der Waals surface area contributed by atoms with Crippen LogP contribution in [-0.4, -0.2) is 77.1 Å². The Morgan fingerprint density at radius 1 is 0.781 bits per heavy atom. The number of halogens is 6. The van der Waals surface area contributed by atoms with Gasteiger partial charge in [-0.25, -0.2) is 9.59 Å². The molecule has 0 aliphatic carbocycles. The van der Waals surface area contributed by atoms with Gasteiger partial charge in [0.2, 0.25) is 0 Å². The van der Waals surface area contributed by atoms with Crippen molar-refractivity contribution in [1.82, 2.24) is 40.2 Å². The largest absolute Gasteiger partial charge is 0.490 e. The van der Waals surface area contributed by atoms with Gasteiger partial charge in [0, 0.05) is 26.2 Å². The van der Waals surface area contributed by atoms with Crippen molar-refractivity contribution in [3.05, 3.63) is 24.3 Å². The minimum absolute atomic E-state index is 0.861. The minimum atomic E-state index is -5.08. The molecule has 2 aliphatic rings. The van der Waals surface area contributed by atoms with Crippen molar-refractivity contribution in [2.24, 2.45) is 0 Å². The number of hydrogen-bond acceptors (Lipinski definition) is 8. The second kappa shape index (κ2) is 11.9. The van der Waals surface area contributed by atoms with Crippen LogP contribution in [0.3, 0.4) is 0 Å². The molecular weight excluding hydrogens is 458 g/mol. The zero-order valence-corrected chi connectivity index (χ0v) is 16.1. The molecule has 0 saturated heterocycles. The summed E-state index contributed by atoms with van der Waals surface area (Å²) >= 11 is 0. The fraction of sp³-hybridized carbons (Fsp3) is 0.571. The van der Waals surface area contributed by atoms with E-state index in [-0.39, 0.29) is 0 Å². The third-order valence-electron chi connectivity index (χ3n) is 3.50. The molecule has 0 amide bonds. The molecule has 4 rings (SSSR count). The van der Waals surface area contributed by atoms with E-state index in [1.165, 1.54) is 0 Å². The van der Waals surface area contributed by atoms with Crippen LogP contribution in [0.15, 0.2) is 12.7 Å². The van der Waals surface area contributed by atoms with E-state index in [2.05, 4.69) is 40.2 Å². The van der Waals surface area contributed by atoms with Crippen LogP contribution in [0.5, 0.6) is 0 Å². The Bertz CT molecular complexity index is 755. The number of fused-ring (bicyclic) bond motifs is 2. The standard InChI is InChI=1S/2C5H8N4.2C2HF3O2/c2*1-2-9-4-7-8-5(9)3-6-1;2*3-2(4,5)1(6)7/h2*4,6H,1-3H2;2*(H,6,7). The number of carboxylic acids is 2. The van der Waals surface area contributed by atoms with Crippen LogP contribution >= 0.6 is 0 Å². The lowest BCUT2D eigenvalue weighted by molar-refractivity contribution is -0.193. The van der Waals surface area contributed by atoms with Crippen molar-refractivity contribution in [1.29, 1.82) is 0 Å². The molecule has 2 aromatic rings. The van der Waals surface area contributed by atoms with Gasteiger partial charge < -0.3 is 30.0 Å². The average molecular weight is 476 g/mol. The fourth-order valence-electron chi connectivity index (χ4n) is 2.00. The van der Waals surface area contributed by atoms with Gasteiger partial charge in [0.05, 0.1) is 13.1 Å². The summed E-state index contributed by atoms with van der Waals surface area (Å²) in [6, 6.07) is 0. The number of alkyl halides is 6. The molecule has 0 atom stereocenters. The summed E-state index contributed by atoms with van der Waals surface area (Å²) in [5.41, 5.74) is 0. The van der Waals surface area contributed by atoms with Crippen LogP contribution in [0.25, 0.3) is 0 Å². The summed E-state index contributed by atoms with van der Waals surface area (Å²) in [5.74, 6) is -3.43. The van der Waals surface area contributed by atoms with Crippen molar-refractivity contribution in [2.45, 2.75) is 38.5 Å². The number of rotatable bonds is 0. The lowest BCUT2D eigenvalue weighted by Crippen LogP contribution is -2.27. The predicted octanol–water partition coefficient (Wildman–Crippen LogP) is 0.0292. The van der Waals surface area contributed by atoms with E-state index in [9.17, 15) is 26.3 Å². The second-order valence-electron chi connectivity index (χ2n) is 5.84. The van der Waals surface area contributed by atoms with Gasteiger partial charge in [-0.2, -0.15) is 26.3 Å². The van der Waals surface area contributed by atoms with E-state index >= 15 is 0 Å². The summed E-state index contributed by atoms with van der Waals surface area (Å²) in [5, 5.41) is 36.0. The maximum atomic E-state index is 10.6. The Hall–Kier alpha value is -3.28. The molecule has 0 radical (unpaired) electrons. The molecule has 0 unspecified atom stereocenters. The van der Waals surface area contributed by atoms with Crippen molar-refractivity contribution in [2.75, 3.05) is 13.1 Å².